The molecule has 0 atom stereocenters. The molecular weight excluding hydrogens is 336 g/mol. The van der Waals surface area contributed by atoms with Crippen LogP contribution in [0.2, 0.25) is 0 Å². The minimum Gasteiger partial charge on any atom is -0.497 e. The van der Waals surface area contributed by atoms with Crippen LogP contribution in [0.15, 0.2) is 42.5 Å². The number of aryl methyl sites for hydroxylation is 4. The summed E-state index contributed by atoms with van der Waals surface area (Å²) in [6.45, 7) is 8.95. The molecule has 0 unspecified atom stereocenters. The monoisotopic (exact) mass is 362 g/mol. The number of ether oxygens (including phenoxy) is 1. The predicted molar refractivity (Wildman–Crippen MR) is 111 cm³/mol. The molecule has 0 aliphatic carbocycles. The minimum absolute atomic E-state index is 0.607. The van der Waals surface area contributed by atoms with Gasteiger partial charge in [0.2, 0.25) is 5.95 Å². The third kappa shape index (κ3) is 4.76. The second kappa shape index (κ2) is 8.08. The van der Waals surface area contributed by atoms with Gasteiger partial charge in [0.15, 0.2) is 0 Å². The van der Waals surface area contributed by atoms with Gasteiger partial charge in [-0.3, -0.25) is 0 Å². The van der Waals surface area contributed by atoms with E-state index in [9.17, 15) is 0 Å². The van der Waals surface area contributed by atoms with Crippen molar-refractivity contribution < 1.29 is 4.74 Å². The highest BCUT2D eigenvalue weighted by Crippen LogP contribution is 2.25. The molecule has 0 aliphatic rings. The maximum Gasteiger partial charge on any atom is 0.225 e. The van der Waals surface area contributed by atoms with Gasteiger partial charge in [-0.1, -0.05) is 29.8 Å². The number of rotatable bonds is 6. The largest absolute Gasteiger partial charge is 0.497 e. The Balaban J connectivity index is 1.76. The third-order valence-electron chi connectivity index (χ3n) is 4.39. The van der Waals surface area contributed by atoms with Crippen molar-refractivity contribution in [2.24, 2.45) is 0 Å². The van der Waals surface area contributed by atoms with E-state index in [1.807, 2.05) is 37.3 Å². The maximum atomic E-state index is 5.19. The Hall–Kier alpha value is -3.08. The number of hydrogen-bond acceptors (Lipinski definition) is 5. The molecule has 0 fully saturated rings. The molecule has 1 heterocycles. The van der Waals surface area contributed by atoms with Gasteiger partial charge in [-0.05, 0) is 56.5 Å². The highest BCUT2D eigenvalue weighted by molar-refractivity contribution is 5.66. The lowest BCUT2D eigenvalue weighted by molar-refractivity contribution is 0.414. The predicted octanol–water partition coefficient (Wildman–Crippen LogP) is 5.07. The molecule has 5 heteroatoms. The smallest absolute Gasteiger partial charge is 0.225 e. The van der Waals surface area contributed by atoms with Crippen LogP contribution in [-0.2, 0) is 6.54 Å². The standard InChI is InChI=1S/C22H26N4O/c1-14-10-15(2)21(16(3)11-14)25-20-12-17(4)24-22(26-20)23-13-18-6-8-19(27-5)9-7-18/h6-12H,13H2,1-5H3,(H2,23,24,25,26). The van der Waals surface area contributed by atoms with Gasteiger partial charge in [0.1, 0.15) is 11.6 Å². The Bertz CT molecular complexity index is 913. The minimum atomic E-state index is 0.607. The molecule has 0 spiro atoms. The van der Waals surface area contributed by atoms with Gasteiger partial charge in [0.05, 0.1) is 7.11 Å². The molecule has 0 radical (unpaired) electrons. The Morgan fingerprint density at radius 1 is 0.889 bits per heavy atom. The second-order valence-corrected chi connectivity index (χ2v) is 6.82. The van der Waals surface area contributed by atoms with Gasteiger partial charge < -0.3 is 15.4 Å². The summed E-state index contributed by atoms with van der Waals surface area (Å²) < 4.78 is 5.19. The molecule has 140 valence electrons. The van der Waals surface area contributed by atoms with Crippen molar-refractivity contribution in [3.8, 4) is 5.75 Å². The van der Waals surface area contributed by atoms with E-state index < -0.39 is 0 Å². The van der Waals surface area contributed by atoms with Crippen LogP contribution in [0, 0.1) is 27.7 Å². The average molecular weight is 362 g/mol. The Morgan fingerprint density at radius 3 is 2.19 bits per heavy atom. The maximum absolute atomic E-state index is 5.19. The summed E-state index contributed by atoms with van der Waals surface area (Å²) in [5.41, 5.74) is 6.82. The molecule has 5 nitrogen and oxygen atoms in total. The fraction of sp³-hybridized carbons (Fsp3) is 0.273. The van der Waals surface area contributed by atoms with E-state index in [0.29, 0.717) is 12.5 Å². The van der Waals surface area contributed by atoms with Gasteiger partial charge in [0.25, 0.3) is 0 Å². The molecule has 3 aromatic rings. The lowest BCUT2D eigenvalue weighted by Crippen LogP contribution is -2.07. The number of benzene rings is 2. The van der Waals surface area contributed by atoms with Crippen LogP contribution in [0.3, 0.4) is 0 Å². The molecule has 1 aromatic heterocycles. The van der Waals surface area contributed by atoms with Crippen LogP contribution >= 0.6 is 0 Å². The quantitative estimate of drug-likeness (QED) is 0.641. The Kier molecular flexibility index (Phi) is 5.60. The SMILES string of the molecule is COc1ccc(CNc2nc(C)cc(Nc3c(C)cc(C)cc3C)n2)cc1. The summed E-state index contributed by atoms with van der Waals surface area (Å²) in [6.07, 6.45) is 0. The molecule has 2 N–H and O–H groups in total. The van der Waals surface area contributed by atoms with Crippen LogP contribution in [0.5, 0.6) is 5.75 Å². The van der Waals surface area contributed by atoms with Crippen LogP contribution in [0.25, 0.3) is 0 Å². The molecule has 0 saturated carbocycles. The van der Waals surface area contributed by atoms with Crippen molar-refractivity contribution in [1.29, 1.82) is 0 Å². The normalized spacial score (nSPS) is 10.6. The van der Waals surface area contributed by atoms with Crippen LogP contribution in [0.4, 0.5) is 17.5 Å². The average Bonchev–Trinajstić information content (AvgIpc) is 2.63. The zero-order chi connectivity index (χ0) is 19.4. The number of aromatic nitrogens is 2. The first kappa shape index (κ1) is 18.7. The molecule has 0 amide bonds. The van der Waals surface area contributed by atoms with Crippen molar-refractivity contribution in [2.45, 2.75) is 34.2 Å². The van der Waals surface area contributed by atoms with E-state index in [2.05, 4.69) is 53.5 Å². The topological polar surface area (TPSA) is 59.1 Å². The summed E-state index contributed by atoms with van der Waals surface area (Å²) >= 11 is 0. The number of anilines is 3. The Labute approximate surface area is 160 Å². The molecule has 3 rings (SSSR count). The van der Waals surface area contributed by atoms with E-state index in [1.165, 1.54) is 16.7 Å². The summed E-state index contributed by atoms with van der Waals surface area (Å²) in [7, 11) is 1.67. The van der Waals surface area contributed by atoms with Gasteiger partial charge in [0, 0.05) is 24.0 Å². The number of nitrogens with one attached hydrogen (secondary N) is 2. The zero-order valence-electron chi connectivity index (χ0n) is 16.6. The van der Waals surface area contributed by atoms with Crippen LogP contribution in [0.1, 0.15) is 27.9 Å². The summed E-state index contributed by atoms with van der Waals surface area (Å²) in [6, 6.07) is 14.3. The lowest BCUT2D eigenvalue weighted by Gasteiger charge is -2.15. The van der Waals surface area contributed by atoms with E-state index in [1.54, 1.807) is 7.11 Å². The fourth-order valence-electron chi connectivity index (χ4n) is 3.14. The first-order valence-electron chi connectivity index (χ1n) is 9.02. The van der Waals surface area contributed by atoms with Crippen molar-refractivity contribution >= 4 is 17.5 Å². The van der Waals surface area contributed by atoms with E-state index in [4.69, 9.17) is 4.74 Å². The highest BCUT2D eigenvalue weighted by atomic mass is 16.5. The summed E-state index contributed by atoms with van der Waals surface area (Å²) in [4.78, 5) is 9.12. The number of hydrogen-bond donors (Lipinski definition) is 2. The lowest BCUT2D eigenvalue weighted by atomic mass is 10.1. The van der Waals surface area contributed by atoms with Crippen molar-refractivity contribution in [2.75, 3.05) is 17.7 Å². The Morgan fingerprint density at radius 2 is 1.56 bits per heavy atom. The van der Waals surface area contributed by atoms with Crippen molar-refractivity contribution in [1.82, 2.24) is 9.97 Å². The van der Waals surface area contributed by atoms with Gasteiger partial charge >= 0.3 is 0 Å². The summed E-state index contributed by atoms with van der Waals surface area (Å²) in [5, 5.41) is 6.76. The first-order valence-corrected chi connectivity index (χ1v) is 9.02. The second-order valence-electron chi connectivity index (χ2n) is 6.82. The molecule has 0 aliphatic heterocycles. The molecule has 27 heavy (non-hydrogen) atoms. The third-order valence-corrected chi connectivity index (χ3v) is 4.39. The van der Waals surface area contributed by atoms with Gasteiger partial charge in [-0.2, -0.15) is 4.98 Å². The van der Waals surface area contributed by atoms with Gasteiger partial charge in [-0.25, -0.2) is 4.98 Å². The van der Waals surface area contributed by atoms with E-state index in [0.717, 1.165) is 28.5 Å². The molecule has 0 saturated heterocycles. The highest BCUT2D eigenvalue weighted by Gasteiger charge is 2.08. The van der Waals surface area contributed by atoms with Crippen molar-refractivity contribution in [3.05, 3.63) is 70.4 Å². The molecule has 0 bridgehead atoms. The van der Waals surface area contributed by atoms with E-state index in [-0.39, 0.29) is 0 Å². The fourth-order valence-corrected chi connectivity index (χ4v) is 3.14. The number of nitrogens with zero attached hydrogens (tertiary/aromatic N) is 2. The molecular formula is C22H26N4O. The van der Waals surface area contributed by atoms with E-state index >= 15 is 0 Å². The van der Waals surface area contributed by atoms with Crippen LogP contribution in [-0.4, -0.2) is 17.1 Å². The zero-order valence-corrected chi connectivity index (χ0v) is 16.6. The van der Waals surface area contributed by atoms with Gasteiger partial charge in [-0.15, -0.1) is 0 Å². The molecule has 2 aromatic carbocycles. The summed E-state index contributed by atoms with van der Waals surface area (Å²) in [5.74, 6) is 2.24. The first-order chi connectivity index (χ1) is 12.9. The van der Waals surface area contributed by atoms with Crippen LogP contribution < -0.4 is 15.4 Å². The van der Waals surface area contributed by atoms with Crippen molar-refractivity contribution in [3.63, 3.8) is 0 Å². The number of methoxy groups -OCH3 is 1.